The van der Waals surface area contributed by atoms with E-state index in [1.54, 1.807) is 26.0 Å². The molecule has 0 aliphatic heterocycles. The maximum absolute atomic E-state index is 12.4. The van der Waals surface area contributed by atoms with Gasteiger partial charge in [-0.3, -0.25) is 4.79 Å². The van der Waals surface area contributed by atoms with Crippen molar-refractivity contribution in [1.29, 1.82) is 5.26 Å². The first-order valence-corrected chi connectivity index (χ1v) is 8.35. The Labute approximate surface area is 150 Å². The SMILES string of the molecule is Cc1onc(-c2ccccc2)c1C(=O)OCC(=O)N[C@@](C)(C#N)C1CC1. The van der Waals surface area contributed by atoms with E-state index in [9.17, 15) is 14.9 Å². The van der Waals surface area contributed by atoms with Gasteiger partial charge in [0.1, 0.15) is 22.6 Å². The van der Waals surface area contributed by atoms with Crippen LogP contribution in [0.25, 0.3) is 11.3 Å². The summed E-state index contributed by atoms with van der Waals surface area (Å²) in [7, 11) is 0. The number of aromatic nitrogens is 1. The predicted octanol–water partition coefficient (Wildman–Crippen LogP) is 2.62. The molecular weight excluding hydrogens is 334 g/mol. The van der Waals surface area contributed by atoms with E-state index in [-0.39, 0.29) is 11.5 Å². The van der Waals surface area contributed by atoms with Crippen LogP contribution in [0.15, 0.2) is 34.9 Å². The van der Waals surface area contributed by atoms with Crippen LogP contribution in [-0.4, -0.2) is 29.2 Å². The molecule has 1 saturated carbocycles. The van der Waals surface area contributed by atoms with Crippen molar-refractivity contribution in [3.63, 3.8) is 0 Å². The highest BCUT2D eigenvalue weighted by Gasteiger charge is 2.43. The van der Waals surface area contributed by atoms with E-state index in [0.29, 0.717) is 17.0 Å². The molecule has 7 heteroatoms. The van der Waals surface area contributed by atoms with Crippen molar-refractivity contribution in [3.8, 4) is 17.3 Å². The number of esters is 1. The van der Waals surface area contributed by atoms with E-state index in [1.165, 1.54) is 0 Å². The van der Waals surface area contributed by atoms with E-state index in [1.807, 2.05) is 18.2 Å². The van der Waals surface area contributed by atoms with Crippen LogP contribution in [-0.2, 0) is 9.53 Å². The van der Waals surface area contributed by atoms with Crippen LogP contribution < -0.4 is 5.32 Å². The van der Waals surface area contributed by atoms with E-state index >= 15 is 0 Å². The molecule has 1 fully saturated rings. The quantitative estimate of drug-likeness (QED) is 0.800. The summed E-state index contributed by atoms with van der Waals surface area (Å²) >= 11 is 0. The van der Waals surface area contributed by atoms with Crippen molar-refractivity contribution in [2.45, 2.75) is 32.2 Å². The third-order valence-corrected chi connectivity index (χ3v) is 4.47. The monoisotopic (exact) mass is 353 g/mol. The van der Waals surface area contributed by atoms with Gasteiger partial charge >= 0.3 is 5.97 Å². The van der Waals surface area contributed by atoms with Crippen LogP contribution in [0.4, 0.5) is 0 Å². The number of nitrogens with zero attached hydrogens (tertiary/aromatic N) is 2. The summed E-state index contributed by atoms with van der Waals surface area (Å²) in [6.07, 6.45) is 1.81. The van der Waals surface area contributed by atoms with Gasteiger partial charge in [-0.15, -0.1) is 0 Å². The maximum Gasteiger partial charge on any atom is 0.344 e. The molecule has 0 unspecified atom stereocenters. The lowest BCUT2D eigenvalue weighted by atomic mass is 9.98. The Bertz CT molecular complexity index is 865. The van der Waals surface area contributed by atoms with Crippen LogP contribution in [0.5, 0.6) is 0 Å². The Balaban J connectivity index is 1.67. The Morgan fingerprint density at radius 1 is 1.38 bits per heavy atom. The first-order valence-electron chi connectivity index (χ1n) is 8.35. The van der Waals surface area contributed by atoms with Gasteiger partial charge < -0.3 is 14.6 Å². The maximum atomic E-state index is 12.4. The zero-order valence-electron chi connectivity index (χ0n) is 14.6. The molecule has 1 aromatic heterocycles. The number of carbonyl (C=O) groups excluding carboxylic acids is 2. The average molecular weight is 353 g/mol. The zero-order valence-corrected chi connectivity index (χ0v) is 14.6. The average Bonchev–Trinajstić information content (AvgIpc) is 3.43. The van der Waals surface area contributed by atoms with Crippen LogP contribution in [0.1, 0.15) is 35.9 Å². The number of amides is 1. The van der Waals surface area contributed by atoms with Gasteiger partial charge in [0.25, 0.3) is 5.91 Å². The van der Waals surface area contributed by atoms with Gasteiger partial charge in [0.05, 0.1) is 6.07 Å². The molecule has 7 nitrogen and oxygen atoms in total. The fourth-order valence-electron chi connectivity index (χ4n) is 2.82. The fraction of sp³-hybridized carbons (Fsp3) is 0.368. The minimum atomic E-state index is -0.925. The smallest absolute Gasteiger partial charge is 0.344 e. The summed E-state index contributed by atoms with van der Waals surface area (Å²) in [5.74, 6) is -0.737. The minimum Gasteiger partial charge on any atom is -0.452 e. The number of nitriles is 1. The lowest BCUT2D eigenvalue weighted by molar-refractivity contribution is -0.125. The first kappa shape index (κ1) is 17.7. The molecular formula is C19H19N3O4. The molecule has 134 valence electrons. The highest BCUT2D eigenvalue weighted by atomic mass is 16.5. The molecule has 1 aliphatic rings. The summed E-state index contributed by atoms with van der Waals surface area (Å²) in [5, 5.41) is 15.8. The number of aryl methyl sites for hydroxylation is 1. The fourth-order valence-corrected chi connectivity index (χ4v) is 2.82. The van der Waals surface area contributed by atoms with Crippen molar-refractivity contribution < 1.29 is 18.8 Å². The third-order valence-electron chi connectivity index (χ3n) is 4.47. The summed E-state index contributed by atoms with van der Waals surface area (Å²) in [5.41, 5.74) is 0.348. The van der Waals surface area contributed by atoms with Crippen LogP contribution >= 0.6 is 0 Å². The van der Waals surface area contributed by atoms with Gasteiger partial charge in [0, 0.05) is 5.56 Å². The van der Waals surface area contributed by atoms with Crippen molar-refractivity contribution in [2.75, 3.05) is 6.61 Å². The number of nitrogens with one attached hydrogen (secondary N) is 1. The van der Waals surface area contributed by atoms with E-state index < -0.39 is 24.0 Å². The molecule has 1 N–H and O–H groups in total. The number of hydrogen-bond acceptors (Lipinski definition) is 6. The standard InChI is InChI=1S/C19H19N3O4/c1-12-16(17(22-26-12)13-6-4-3-5-7-13)18(24)25-10-15(23)21-19(2,11-20)14-8-9-14/h3-7,14H,8-10H2,1-2H3,(H,21,23)/t19-/m0/s1. The molecule has 1 atom stereocenters. The third kappa shape index (κ3) is 3.59. The van der Waals surface area contributed by atoms with Gasteiger partial charge in [-0.1, -0.05) is 35.5 Å². The van der Waals surface area contributed by atoms with Crippen LogP contribution in [0, 0.1) is 24.2 Å². The minimum absolute atomic E-state index is 0.150. The molecule has 0 bridgehead atoms. The second-order valence-corrected chi connectivity index (χ2v) is 6.54. The van der Waals surface area contributed by atoms with Gasteiger partial charge in [-0.2, -0.15) is 5.26 Å². The molecule has 3 rings (SSSR count). The number of ether oxygens (including phenoxy) is 1. The topological polar surface area (TPSA) is 105 Å². The van der Waals surface area contributed by atoms with E-state index in [2.05, 4.69) is 16.5 Å². The molecule has 0 radical (unpaired) electrons. The van der Waals surface area contributed by atoms with Gasteiger partial charge in [-0.25, -0.2) is 4.79 Å². The first-order chi connectivity index (χ1) is 12.4. The van der Waals surface area contributed by atoms with E-state index in [4.69, 9.17) is 9.26 Å². The zero-order chi connectivity index (χ0) is 18.7. The second kappa shape index (κ2) is 7.00. The van der Waals surface area contributed by atoms with Crippen LogP contribution in [0.2, 0.25) is 0 Å². The summed E-state index contributed by atoms with van der Waals surface area (Å²) < 4.78 is 10.2. The second-order valence-electron chi connectivity index (χ2n) is 6.54. The Hall–Kier alpha value is -3.14. The molecule has 1 amide bonds. The van der Waals surface area contributed by atoms with Crippen molar-refractivity contribution in [2.24, 2.45) is 5.92 Å². The lowest BCUT2D eigenvalue weighted by Crippen LogP contribution is -2.48. The number of benzene rings is 1. The predicted molar refractivity (Wildman–Crippen MR) is 91.8 cm³/mol. The molecule has 1 aromatic carbocycles. The summed E-state index contributed by atoms with van der Waals surface area (Å²) in [6.45, 7) is 2.82. The summed E-state index contributed by atoms with van der Waals surface area (Å²) in [6, 6.07) is 11.2. The number of carbonyl (C=O) groups is 2. The number of hydrogen-bond donors (Lipinski definition) is 1. The van der Waals surface area contributed by atoms with Crippen molar-refractivity contribution in [1.82, 2.24) is 10.5 Å². The number of rotatable bonds is 6. The highest BCUT2D eigenvalue weighted by Crippen LogP contribution is 2.39. The molecule has 0 saturated heterocycles. The van der Waals surface area contributed by atoms with Gasteiger partial charge in [-0.05, 0) is 32.6 Å². The van der Waals surface area contributed by atoms with Crippen molar-refractivity contribution >= 4 is 11.9 Å². The lowest BCUT2D eigenvalue weighted by Gasteiger charge is -2.22. The van der Waals surface area contributed by atoms with Gasteiger partial charge in [0.2, 0.25) is 0 Å². The Morgan fingerprint density at radius 3 is 2.69 bits per heavy atom. The summed E-state index contributed by atoms with van der Waals surface area (Å²) in [4.78, 5) is 24.5. The highest BCUT2D eigenvalue weighted by molar-refractivity contribution is 5.98. The van der Waals surface area contributed by atoms with Crippen LogP contribution in [0.3, 0.4) is 0 Å². The molecule has 1 heterocycles. The molecule has 26 heavy (non-hydrogen) atoms. The van der Waals surface area contributed by atoms with Gasteiger partial charge in [0.15, 0.2) is 6.61 Å². The van der Waals surface area contributed by atoms with E-state index in [0.717, 1.165) is 12.8 Å². The molecule has 0 spiro atoms. The Kier molecular flexibility index (Phi) is 4.76. The largest absolute Gasteiger partial charge is 0.452 e. The normalized spacial score (nSPS) is 15.6. The molecule has 1 aliphatic carbocycles. The Morgan fingerprint density at radius 2 is 2.08 bits per heavy atom. The molecule has 2 aromatic rings. The van der Waals surface area contributed by atoms with Crippen molar-refractivity contribution in [3.05, 3.63) is 41.7 Å².